The van der Waals surface area contributed by atoms with Gasteiger partial charge in [-0.05, 0) is 72.3 Å². The van der Waals surface area contributed by atoms with Gasteiger partial charge in [0, 0.05) is 6.04 Å². The van der Waals surface area contributed by atoms with Crippen molar-refractivity contribution in [2.75, 3.05) is 6.54 Å². The molecule has 1 aliphatic rings. The van der Waals surface area contributed by atoms with Gasteiger partial charge in [0.15, 0.2) is 0 Å². The molecule has 112 valence electrons. The Labute approximate surface area is 131 Å². The number of rotatable bonds is 8. The lowest BCUT2D eigenvalue weighted by Crippen LogP contribution is -2.23. The van der Waals surface area contributed by atoms with Crippen LogP contribution in [0.1, 0.15) is 43.4 Å². The topological polar surface area (TPSA) is 21.3 Å². The highest BCUT2D eigenvalue weighted by molar-refractivity contribution is 7.07. The third-order valence-corrected chi connectivity index (χ3v) is 4.50. The van der Waals surface area contributed by atoms with E-state index in [0.29, 0.717) is 12.1 Å². The molecule has 1 fully saturated rings. The highest BCUT2D eigenvalue weighted by Crippen LogP contribution is 2.28. The Morgan fingerprint density at radius 3 is 2.67 bits per heavy atom. The fourth-order valence-corrected chi connectivity index (χ4v) is 3.11. The van der Waals surface area contributed by atoms with Gasteiger partial charge in [-0.1, -0.05) is 19.1 Å². The summed E-state index contributed by atoms with van der Waals surface area (Å²) in [4.78, 5) is 0. The first-order valence-corrected chi connectivity index (χ1v) is 8.80. The average Bonchev–Trinajstić information content (AvgIpc) is 3.17. The van der Waals surface area contributed by atoms with Gasteiger partial charge in [0.05, 0.1) is 6.10 Å². The Kier molecular flexibility index (Phi) is 4.94. The van der Waals surface area contributed by atoms with Crippen LogP contribution in [0.3, 0.4) is 0 Å². The molecule has 0 aliphatic heterocycles. The van der Waals surface area contributed by atoms with Gasteiger partial charge in [-0.2, -0.15) is 11.3 Å². The van der Waals surface area contributed by atoms with E-state index in [1.165, 1.54) is 24.0 Å². The fourth-order valence-electron chi connectivity index (χ4n) is 2.43. The average molecular weight is 301 g/mol. The van der Waals surface area contributed by atoms with E-state index in [2.05, 4.69) is 53.3 Å². The van der Waals surface area contributed by atoms with Crippen molar-refractivity contribution >= 4 is 11.3 Å². The maximum atomic E-state index is 5.83. The molecule has 3 rings (SSSR count). The number of ether oxygens (including phenoxy) is 1. The highest BCUT2D eigenvalue weighted by Gasteiger charge is 2.23. The third kappa shape index (κ3) is 4.32. The van der Waals surface area contributed by atoms with Crippen molar-refractivity contribution in [3.8, 4) is 5.75 Å². The van der Waals surface area contributed by atoms with Crippen LogP contribution in [0.5, 0.6) is 5.75 Å². The van der Waals surface area contributed by atoms with Crippen molar-refractivity contribution in [1.29, 1.82) is 0 Å². The molecule has 0 bridgehead atoms. The minimum Gasteiger partial charge on any atom is -0.490 e. The maximum absolute atomic E-state index is 5.83. The van der Waals surface area contributed by atoms with Crippen LogP contribution in [0, 0.1) is 0 Å². The van der Waals surface area contributed by atoms with Crippen molar-refractivity contribution < 1.29 is 4.74 Å². The fraction of sp³-hybridized carbons (Fsp3) is 0.444. The summed E-state index contributed by atoms with van der Waals surface area (Å²) in [6.45, 7) is 3.26. The zero-order chi connectivity index (χ0) is 14.5. The van der Waals surface area contributed by atoms with E-state index in [9.17, 15) is 0 Å². The van der Waals surface area contributed by atoms with Crippen LogP contribution in [-0.4, -0.2) is 12.6 Å². The van der Waals surface area contributed by atoms with Crippen LogP contribution >= 0.6 is 11.3 Å². The van der Waals surface area contributed by atoms with E-state index in [1.807, 2.05) is 0 Å². The monoisotopic (exact) mass is 301 g/mol. The van der Waals surface area contributed by atoms with E-state index >= 15 is 0 Å². The first kappa shape index (κ1) is 14.6. The molecule has 21 heavy (non-hydrogen) atoms. The van der Waals surface area contributed by atoms with Gasteiger partial charge >= 0.3 is 0 Å². The molecule has 1 saturated carbocycles. The molecule has 1 N–H and O–H groups in total. The summed E-state index contributed by atoms with van der Waals surface area (Å²) in [7, 11) is 0. The van der Waals surface area contributed by atoms with Crippen LogP contribution in [0.2, 0.25) is 0 Å². The molecule has 0 radical (unpaired) electrons. The number of hydrogen-bond acceptors (Lipinski definition) is 3. The Balaban J connectivity index is 1.68. The Morgan fingerprint density at radius 2 is 2.05 bits per heavy atom. The third-order valence-electron chi connectivity index (χ3n) is 3.77. The van der Waals surface area contributed by atoms with E-state index in [1.54, 1.807) is 11.3 Å². The lowest BCUT2D eigenvalue weighted by Gasteiger charge is -2.19. The first-order valence-electron chi connectivity index (χ1n) is 7.86. The smallest absolute Gasteiger partial charge is 0.119 e. The molecule has 3 heteroatoms. The predicted octanol–water partition coefficient (Wildman–Crippen LogP) is 4.57. The van der Waals surface area contributed by atoms with Gasteiger partial charge in [0.2, 0.25) is 0 Å². The molecule has 2 nitrogen and oxygen atoms in total. The molecule has 1 heterocycles. The van der Waals surface area contributed by atoms with Crippen molar-refractivity contribution in [3.05, 3.63) is 52.2 Å². The van der Waals surface area contributed by atoms with E-state index < -0.39 is 0 Å². The van der Waals surface area contributed by atoms with Crippen LogP contribution in [0.4, 0.5) is 0 Å². The minimum absolute atomic E-state index is 0.384. The summed E-state index contributed by atoms with van der Waals surface area (Å²) in [5, 5.41) is 8.05. The Hall–Kier alpha value is -1.32. The van der Waals surface area contributed by atoms with E-state index in [0.717, 1.165) is 25.1 Å². The van der Waals surface area contributed by atoms with Crippen molar-refractivity contribution in [3.63, 3.8) is 0 Å². The number of hydrogen-bond donors (Lipinski definition) is 1. The number of nitrogens with one attached hydrogen (secondary N) is 1. The van der Waals surface area contributed by atoms with Crippen LogP contribution in [0.25, 0.3) is 0 Å². The summed E-state index contributed by atoms with van der Waals surface area (Å²) >= 11 is 1.77. The number of thiophene rings is 1. The van der Waals surface area contributed by atoms with E-state index in [-0.39, 0.29) is 0 Å². The normalized spacial score (nSPS) is 15.9. The standard InChI is InChI=1S/C18H23NOS/c1-2-10-19-18(12-14-9-11-21-13-14)15-3-5-16(6-4-15)20-17-7-8-17/h3-6,9,11,13,17-19H,2,7-8,10,12H2,1H3. The Bertz CT molecular complexity index is 531. The molecule has 1 aromatic carbocycles. The molecule has 1 aromatic heterocycles. The lowest BCUT2D eigenvalue weighted by atomic mass is 10.0. The molecule has 1 atom stereocenters. The number of benzene rings is 1. The van der Waals surface area contributed by atoms with Gasteiger partial charge in [-0.25, -0.2) is 0 Å². The predicted molar refractivity (Wildman–Crippen MR) is 89.1 cm³/mol. The second-order valence-electron chi connectivity index (χ2n) is 5.73. The van der Waals surface area contributed by atoms with Crippen LogP contribution < -0.4 is 10.1 Å². The molecule has 1 aliphatic carbocycles. The lowest BCUT2D eigenvalue weighted by molar-refractivity contribution is 0.303. The Morgan fingerprint density at radius 1 is 1.24 bits per heavy atom. The summed E-state index contributed by atoms with van der Waals surface area (Å²) in [5.74, 6) is 1.01. The molecule has 0 spiro atoms. The minimum atomic E-state index is 0.384. The van der Waals surface area contributed by atoms with Gasteiger partial charge in [-0.3, -0.25) is 0 Å². The molecule has 2 aromatic rings. The van der Waals surface area contributed by atoms with Crippen LogP contribution in [0.15, 0.2) is 41.1 Å². The molecular weight excluding hydrogens is 278 g/mol. The summed E-state index contributed by atoms with van der Waals surface area (Å²) in [6, 6.07) is 11.2. The van der Waals surface area contributed by atoms with Gasteiger partial charge in [0.25, 0.3) is 0 Å². The first-order chi connectivity index (χ1) is 10.3. The van der Waals surface area contributed by atoms with Crippen molar-refractivity contribution in [2.45, 2.75) is 44.8 Å². The quantitative estimate of drug-likeness (QED) is 0.771. The molecule has 1 unspecified atom stereocenters. The van der Waals surface area contributed by atoms with Gasteiger partial charge < -0.3 is 10.1 Å². The molecule has 0 saturated heterocycles. The molecular formula is C18H23NOS. The molecule has 0 amide bonds. The van der Waals surface area contributed by atoms with Crippen molar-refractivity contribution in [1.82, 2.24) is 5.32 Å². The van der Waals surface area contributed by atoms with Gasteiger partial charge in [0.1, 0.15) is 5.75 Å². The summed E-state index contributed by atoms with van der Waals surface area (Å²) in [5.41, 5.74) is 2.75. The van der Waals surface area contributed by atoms with E-state index in [4.69, 9.17) is 4.74 Å². The van der Waals surface area contributed by atoms with Crippen LogP contribution in [-0.2, 0) is 6.42 Å². The SMILES string of the molecule is CCCNC(Cc1ccsc1)c1ccc(OC2CC2)cc1. The maximum Gasteiger partial charge on any atom is 0.119 e. The largest absolute Gasteiger partial charge is 0.490 e. The summed E-state index contributed by atoms with van der Waals surface area (Å²) in [6.07, 6.45) is 5.09. The summed E-state index contributed by atoms with van der Waals surface area (Å²) < 4.78 is 5.83. The highest BCUT2D eigenvalue weighted by atomic mass is 32.1. The zero-order valence-electron chi connectivity index (χ0n) is 12.5. The van der Waals surface area contributed by atoms with Crippen molar-refractivity contribution in [2.24, 2.45) is 0 Å². The van der Waals surface area contributed by atoms with Gasteiger partial charge in [-0.15, -0.1) is 0 Å². The zero-order valence-corrected chi connectivity index (χ0v) is 13.4. The second kappa shape index (κ2) is 7.10. The second-order valence-corrected chi connectivity index (χ2v) is 6.51.